The minimum atomic E-state index is -0.0382. The first-order valence-corrected chi connectivity index (χ1v) is 8.94. The van der Waals surface area contributed by atoms with Crippen molar-refractivity contribution in [2.24, 2.45) is 11.0 Å². The predicted molar refractivity (Wildman–Crippen MR) is 106 cm³/mol. The van der Waals surface area contributed by atoms with E-state index in [1.54, 1.807) is 0 Å². The molecule has 0 fully saturated rings. The molecule has 2 rings (SSSR count). The number of carbonyl (C=O) groups is 1. The number of carbonyl (C=O) groups excluding carboxylic acids is 1. The van der Waals surface area contributed by atoms with Crippen molar-refractivity contribution < 1.29 is 4.79 Å². The molecule has 1 aliphatic carbocycles. The van der Waals surface area contributed by atoms with E-state index in [2.05, 4.69) is 54.5 Å². The minimum absolute atomic E-state index is 0.0382. The van der Waals surface area contributed by atoms with Gasteiger partial charge in [0.1, 0.15) is 0 Å². The third-order valence-corrected chi connectivity index (χ3v) is 4.54. The second-order valence-electron chi connectivity index (χ2n) is 6.86. The van der Waals surface area contributed by atoms with E-state index in [9.17, 15) is 4.79 Å². The van der Waals surface area contributed by atoms with Gasteiger partial charge in [-0.1, -0.05) is 30.4 Å². The summed E-state index contributed by atoms with van der Waals surface area (Å²) >= 11 is 0. The van der Waals surface area contributed by atoms with E-state index in [0.29, 0.717) is 12.3 Å². The Kier molecular flexibility index (Phi) is 6.99. The Morgan fingerprint density at radius 1 is 1.36 bits per heavy atom. The molecule has 1 aromatic carbocycles. The van der Waals surface area contributed by atoms with Gasteiger partial charge in [-0.2, -0.15) is 5.10 Å². The van der Waals surface area contributed by atoms with Crippen LogP contribution < -0.4 is 10.7 Å². The Bertz CT molecular complexity index is 688. The van der Waals surface area contributed by atoms with E-state index in [1.165, 1.54) is 11.1 Å². The number of nitrogens with zero attached hydrogens (tertiary/aromatic N) is 1. The summed E-state index contributed by atoms with van der Waals surface area (Å²) in [5.74, 6) is 0.390. The van der Waals surface area contributed by atoms with Crippen molar-refractivity contribution in [1.82, 2.24) is 5.43 Å². The molecule has 0 bridgehead atoms. The lowest BCUT2D eigenvalue weighted by Crippen LogP contribution is -2.23. The third-order valence-electron chi connectivity index (χ3n) is 4.54. The van der Waals surface area contributed by atoms with Crippen LogP contribution in [0.2, 0.25) is 0 Å². The van der Waals surface area contributed by atoms with Gasteiger partial charge < -0.3 is 5.32 Å². The number of aryl methyl sites for hydroxylation is 1. The zero-order valence-electron chi connectivity index (χ0n) is 15.6. The Hall–Kier alpha value is -2.36. The Labute approximate surface area is 151 Å². The van der Waals surface area contributed by atoms with Crippen molar-refractivity contribution in [1.29, 1.82) is 0 Å². The summed E-state index contributed by atoms with van der Waals surface area (Å²) in [4.78, 5) is 12.0. The Morgan fingerprint density at radius 2 is 2.16 bits per heavy atom. The van der Waals surface area contributed by atoms with Gasteiger partial charge in [0.05, 0.1) is 5.71 Å². The molecule has 4 nitrogen and oxygen atoms in total. The maximum absolute atomic E-state index is 12.0. The molecule has 1 aromatic rings. The van der Waals surface area contributed by atoms with Crippen LogP contribution in [-0.2, 0) is 4.79 Å². The van der Waals surface area contributed by atoms with Crippen molar-refractivity contribution in [3.8, 4) is 0 Å². The van der Waals surface area contributed by atoms with Crippen LogP contribution in [0.1, 0.15) is 45.1 Å². The fraction of sp³-hybridized carbons (Fsp3) is 0.429. The van der Waals surface area contributed by atoms with Crippen LogP contribution in [0.4, 0.5) is 5.69 Å². The summed E-state index contributed by atoms with van der Waals surface area (Å²) in [6, 6.07) is 8.23. The lowest BCUT2D eigenvalue weighted by atomic mass is 9.85. The predicted octanol–water partition coefficient (Wildman–Crippen LogP) is 4.59. The van der Waals surface area contributed by atoms with Crippen molar-refractivity contribution in [2.75, 3.05) is 11.9 Å². The van der Waals surface area contributed by atoms with E-state index in [4.69, 9.17) is 0 Å². The Morgan fingerprint density at radius 3 is 2.88 bits per heavy atom. The van der Waals surface area contributed by atoms with Gasteiger partial charge in [0.2, 0.25) is 5.91 Å². The molecule has 134 valence electrons. The maximum atomic E-state index is 12.0. The molecule has 1 aliphatic rings. The molecule has 25 heavy (non-hydrogen) atoms. The molecule has 0 unspecified atom stereocenters. The van der Waals surface area contributed by atoms with Gasteiger partial charge in [-0.25, -0.2) is 5.43 Å². The maximum Gasteiger partial charge on any atom is 0.240 e. The quantitative estimate of drug-likeness (QED) is 0.433. The van der Waals surface area contributed by atoms with E-state index < -0.39 is 0 Å². The van der Waals surface area contributed by atoms with Crippen LogP contribution in [0.15, 0.2) is 53.2 Å². The van der Waals surface area contributed by atoms with Gasteiger partial charge in [-0.15, -0.1) is 0 Å². The molecule has 1 atom stereocenters. The molecule has 0 saturated heterocycles. The number of nitrogens with one attached hydrogen (secondary N) is 2. The molecule has 0 spiro atoms. The molecule has 0 radical (unpaired) electrons. The van der Waals surface area contributed by atoms with Crippen molar-refractivity contribution in [3.05, 3.63) is 53.6 Å². The van der Waals surface area contributed by atoms with Crippen molar-refractivity contribution >= 4 is 17.3 Å². The molecule has 2 N–H and O–H groups in total. The number of amides is 1. The second-order valence-corrected chi connectivity index (χ2v) is 6.86. The first-order valence-electron chi connectivity index (χ1n) is 8.94. The fourth-order valence-corrected chi connectivity index (χ4v) is 2.85. The summed E-state index contributed by atoms with van der Waals surface area (Å²) in [7, 11) is 0. The number of rotatable bonds is 7. The molecule has 1 amide bonds. The molecule has 0 heterocycles. The highest BCUT2D eigenvalue weighted by atomic mass is 16.2. The number of hydrogen-bond acceptors (Lipinski definition) is 3. The van der Waals surface area contributed by atoms with Crippen molar-refractivity contribution in [2.45, 2.75) is 46.5 Å². The average Bonchev–Trinajstić information content (AvgIpc) is 2.58. The van der Waals surface area contributed by atoms with E-state index in [1.807, 2.05) is 19.1 Å². The molecule has 0 aliphatic heterocycles. The van der Waals surface area contributed by atoms with Gasteiger partial charge in [0.25, 0.3) is 0 Å². The summed E-state index contributed by atoms with van der Waals surface area (Å²) in [5, 5.41) is 7.67. The zero-order chi connectivity index (χ0) is 18.2. The van der Waals surface area contributed by atoms with Crippen molar-refractivity contribution in [3.63, 3.8) is 0 Å². The summed E-state index contributed by atoms with van der Waals surface area (Å²) in [5.41, 5.74) is 8.30. The van der Waals surface area contributed by atoms with Crippen LogP contribution in [0, 0.1) is 12.8 Å². The number of anilines is 1. The highest BCUT2D eigenvalue weighted by molar-refractivity contribution is 6.01. The van der Waals surface area contributed by atoms with E-state index in [0.717, 1.165) is 42.8 Å². The topological polar surface area (TPSA) is 53.5 Å². The molecular weight excluding hydrogens is 310 g/mol. The molecule has 0 saturated carbocycles. The van der Waals surface area contributed by atoms with Gasteiger partial charge >= 0.3 is 0 Å². The second kappa shape index (κ2) is 9.21. The average molecular weight is 339 g/mol. The number of hydrogen-bond donors (Lipinski definition) is 2. The van der Waals surface area contributed by atoms with Crippen LogP contribution in [-0.4, -0.2) is 18.2 Å². The first-order chi connectivity index (χ1) is 12.0. The fourth-order valence-electron chi connectivity index (χ4n) is 2.85. The van der Waals surface area contributed by atoms with E-state index in [-0.39, 0.29) is 5.91 Å². The monoisotopic (exact) mass is 339 g/mol. The van der Waals surface area contributed by atoms with Gasteiger partial charge in [0, 0.05) is 18.7 Å². The highest BCUT2D eigenvalue weighted by Crippen LogP contribution is 2.26. The van der Waals surface area contributed by atoms with Crippen LogP contribution in [0.3, 0.4) is 0 Å². The zero-order valence-corrected chi connectivity index (χ0v) is 15.6. The van der Waals surface area contributed by atoms with Gasteiger partial charge in [-0.05, 0) is 69.2 Å². The largest absolute Gasteiger partial charge is 0.385 e. The third kappa shape index (κ3) is 6.22. The normalized spacial score (nSPS) is 18.6. The van der Waals surface area contributed by atoms with Gasteiger partial charge in [-0.3, -0.25) is 4.79 Å². The van der Waals surface area contributed by atoms with Crippen LogP contribution >= 0.6 is 0 Å². The highest BCUT2D eigenvalue weighted by Gasteiger charge is 2.18. The minimum Gasteiger partial charge on any atom is -0.385 e. The summed E-state index contributed by atoms with van der Waals surface area (Å²) < 4.78 is 0. The SMILES string of the molecule is C=C(C)[C@@H]1CC=C(C)C(=NNC(=O)CCCNc2cccc(C)c2)C1. The van der Waals surface area contributed by atoms with Crippen LogP contribution in [0.5, 0.6) is 0 Å². The lowest BCUT2D eigenvalue weighted by Gasteiger charge is -2.22. The lowest BCUT2D eigenvalue weighted by molar-refractivity contribution is -0.121. The number of hydrazone groups is 1. The summed E-state index contributed by atoms with van der Waals surface area (Å²) in [6.45, 7) is 11.0. The van der Waals surface area contributed by atoms with Gasteiger partial charge in [0.15, 0.2) is 0 Å². The molecular formula is C21H29N3O. The standard InChI is InChI=1S/C21H29N3O/c1-15(2)18-11-10-17(4)20(14-18)23-24-21(25)9-6-12-22-19-8-5-7-16(3)13-19/h5,7-8,10,13,18,22H,1,6,9,11-12,14H2,2-4H3,(H,24,25)/t18-/m1/s1. The number of allylic oxidation sites excluding steroid dienone is 3. The molecule has 4 heteroatoms. The van der Waals surface area contributed by atoms with E-state index >= 15 is 0 Å². The summed E-state index contributed by atoms with van der Waals surface area (Å²) in [6.07, 6.45) is 5.28. The smallest absolute Gasteiger partial charge is 0.240 e. The van der Waals surface area contributed by atoms with Crippen LogP contribution in [0.25, 0.3) is 0 Å². The molecule has 0 aromatic heterocycles. The first kappa shape index (κ1) is 19.0. The number of benzene rings is 1. The Balaban J connectivity index is 1.73.